The lowest BCUT2D eigenvalue weighted by Gasteiger charge is -2.15. The van der Waals surface area contributed by atoms with Crippen LogP contribution in [0.2, 0.25) is 0 Å². The average Bonchev–Trinajstić information content (AvgIpc) is 2.84. The van der Waals surface area contributed by atoms with Gasteiger partial charge in [0.05, 0.1) is 6.10 Å². The van der Waals surface area contributed by atoms with Crippen LogP contribution in [-0.2, 0) is 0 Å². The summed E-state index contributed by atoms with van der Waals surface area (Å²) in [5.41, 5.74) is 0.0130. The summed E-state index contributed by atoms with van der Waals surface area (Å²) in [6, 6.07) is 8.83. The molecule has 0 radical (unpaired) electrons. The number of aromatic amines is 1. The van der Waals surface area contributed by atoms with Crippen molar-refractivity contribution in [3.63, 3.8) is 0 Å². The molecule has 0 spiro atoms. The summed E-state index contributed by atoms with van der Waals surface area (Å²) in [7, 11) is 0. The van der Waals surface area contributed by atoms with Crippen molar-refractivity contribution in [1.29, 1.82) is 0 Å². The second kappa shape index (κ2) is 4.51. The lowest BCUT2D eigenvalue weighted by Crippen LogP contribution is -2.31. The minimum absolute atomic E-state index is 0.237. The van der Waals surface area contributed by atoms with Gasteiger partial charge in [0.1, 0.15) is 5.69 Å². The predicted molar refractivity (Wildman–Crippen MR) is 71.1 cm³/mol. The Morgan fingerprint density at radius 3 is 2.89 bits per heavy atom. The third-order valence-corrected chi connectivity index (χ3v) is 3.43. The number of aromatic nitrogens is 1. The SMILES string of the molecule is O=C(c1cc2ccccc2c(=O)[nH]1)N1CC[C@@H](O)C1. The number of fused-ring (bicyclic) bond motifs is 1. The van der Waals surface area contributed by atoms with Gasteiger partial charge in [0.25, 0.3) is 11.5 Å². The number of hydrogen-bond acceptors (Lipinski definition) is 3. The summed E-state index contributed by atoms with van der Waals surface area (Å²) in [5, 5.41) is 10.8. The molecule has 1 fully saturated rings. The van der Waals surface area contributed by atoms with Crippen LogP contribution in [0.3, 0.4) is 0 Å². The number of β-amino-alcohol motifs (C(OH)–C–C–N with tert-alkyl or cyclic N) is 1. The van der Waals surface area contributed by atoms with Gasteiger partial charge in [-0.25, -0.2) is 0 Å². The van der Waals surface area contributed by atoms with Crippen molar-refractivity contribution in [3.05, 3.63) is 46.4 Å². The number of hydrogen-bond donors (Lipinski definition) is 2. The first kappa shape index (κ1) is 11.9. The highest BCUT2D eigenvalue weighted by atomic mass is 16.3. The molecule has 2 aromatic rings. The summed E-state index contributed by atoms with van der Waals surface area (Å²) < 4.78 is 0. The first-order valence-electron chi connectivity index (χ1n) is 6.24. The maximum absolute atomic E-state index is 12.2. The normalized spacial score (nSPS) is 19.0. The highest BCUT2D eigenvalue weighted by molar-refractivity contribution is 5.96. The number of benzene rings is 1. The molecule has 1 atom stereocenters. The minimum Gasteiger partial charge on any atom is -0.391 e. The monoisotopic (exact) mass is 258 g/mol. The van der Waals surface area contributed by atoms with E-state index in [-0.39, 0.29) is 17.2 Å². The van der Waals surface area contributed by atoms with Crippen molar-refractivity contribution in [2.45, 2.75) is 12.5 Å². The molecule has 0 aliphatic carbocycles. The Kier molecular flexibility index (Phi) is 2.83. The number of amides is 1. The number of pyridine rings is 1. The summed E-state index contributed by atoms with van der Waals surface area (Å²) in [6.45, 7) is 0.850. The first-order chi connectivity index (χ1) is 9.15. The lowest BCUT2D eigenvalue weighted by atomic mass is 10.1. The molecule has 5 nitrogen and oxygen atoms in total. The Morgan fingerprint density at radius 1 is 1.37 bits per heavy atom. The molecule has 1 amide bonds. The number of H-pyrrole nitrogens is 1. The Hall–Kier alpha value is -2.14. The van der Waals surface area contributed by atoms with E-state index in [1.807, 2.05) is 6.07 Å². The average molecular weight is 258 g/mol. The fourth-order valence-corrected chi connectivity index (χ4v) is 2.42. The molecule has 1 aliphatic heterocycles. The molecule has 1 aromatic heterocycles. The number of carbonyl (C=O) groups is 1. The van der Waals surface area contributed by atoms with Gasteiger partial charge >= 0.3 is 0 Å². The smallest absolute Gasteiger partial charge is 0.270 e. The van der Waals surface area contributed by atoms with Crippen LogP contribution >= 0.6 is 0 Å². The second-order valence-electron chi connectivity index (χ2n) is 4.79. The van der Waals surface area contributed by atoms with Crippen LogP contribution in [0.4, 0.5) is 0 Å². The standard InChI is InChI=1S/C14H14N2O3/c17-10-5-6-16(8-10)14(19)12-7-9-3-1-2-4-11(9)13(18)15-12/h1-4,7,10,17H,5-6,8H2,(H,15,18)/t10-/m1/s1. The number of rotatable bonds is 1. The van der Waals surface area contributed by atoms with Crippen LogP contribution in [0.5, 0.6) is 0 Å². The van der Waals surface area contributed by atoms with E-state index < -0.39 is 6.10 Å². The van der Waals surface area contributed by atoms with E-state index in [2.05, 4.69) is 4.98 Å². The Morgan fingerprint density at radius 2 is 2.16 bits per heavy atom. The fourth-order valence-electron chi connectivity index (χ4n) is 2.42. The number of nitrogens with zero attached hydrogens (tertiary/aromatic N) is 1. The van der Waals surface area contributed by atoms with E-state index in [1.165, 1.54) is 0 Å². The lowest BCUT2D eigenvalue weighted by molar-refractivity contribution is 0.0759. The van der Waals surface area contributed by atoms with Crippen LogP contribution < -0.4 is 5.56 Å². The highest BCUT2D eigenvalue weighted by Crippen LogP contribution is 2.15. The zero-order valence-corrected chi connectivity index (χ0v) is 10.3. The number of likely N-dealkylation sites (tertiary alicyclic amines) is 1. The van der Waals surface area contributed by atoms with Gasteiger partial charge in [-0.05, 0) is 23.9 Å². The van der Waals surface area contributed by atoms with E-state index in [0.29, 0.717) is 24.9 Å². The van der Waals surface area contributed by atoms with Gasteiger partial charge in [0.15, 0.2) is 0 Å². The van der Waals surface area contributed by atoms with Gasteiger partial charge in [0.2, 0.25) is 0 Å². The number of nitrogens with one attached hydrogen (secondary N) is 1. The fraction of sp³-hybridized carbons (Fsp3) is 0.286. The highest BCUT2D eigenvalue weighted by Gasteiger charge is 2.26. The van der Waals surface area contributed by atoms with Crippen molar-refractivity contribution < 1.29 is 9.90 Å². The van der Waals surface area contributed by atoms with Gasteiger partial charge < -0.3 is 15.0 Å². The van der Waals surface area contributed by atoms with Crippen LogP contribution in [0.25, 0.3) is 10.8 Å². The molecule has 5 heteroatoms. The zero-order chi connectivity index (χ0) is 13.4. The third-order valence-electron chi connectivity index (χ3n) is 3.43. The molecule has 3 rings (SSSR count). The van der Waals surface area contributed by atoms with Crippen LogP contribution in [0.1, 0.15) is 16.9 Å². The number of carbonyl (C=O) groups excluding carboxylic acids is 1. The Labute approximate surface area is 109 Å². The van der Waals surface area contributed by atoms with Crippen molar-refractivity contribution in [1.82, 2.24) is 9.88 Å². The summed E-state index contributed by atoms with van der Waals surface area (Å²) in [4.78, 5) is 28.3. The summed E-state index contributed by atoms with van der Waals surface area (Å²) in [6.07, 6.45) is 0.125. The van der Waals surface area contributed by atoms with Crippen molar-refractivity contribution in [3.8, 4) is 0 Å². The largest absolute Gasteiger partial charge is 0.391 e. The van der Waals surface area contributed by atoms with E-state index in [9.17, 15) is 14.7 Å². The molecule has 1 saturated heterocycles. The van der Waals surface area contributed by atoms with Gasteiger partial charge in [-0.2, -0.15) is 0 Å². The molecule has 0 bridgehead atoms. The summed E-state index contributed by atoms with van der Waals surface area (Å²) >= 11 is 0. The van der Waals surface area contributed by atoms with E-state index in [1.54, 1.807) is 29.2 Å². The van der Waals surface area contributed by atoms with Crippen LogP contribution in [0, 0.1) is 0 Å². The molecule has 2 heterocycles. The van der Waals surface area contributed by atoms with Crippen LogP contribution in [-0.4, -0.2) is 40.1 Å². The maximum Gasteiger partial charge on any atom is 0.270 e. The molecular formula is C14H14N2O3. The molecule has 98 valence electrons. The van der Waals surface area contributed by atoms with Crippen molar-refractivity contribution >= 4 is 16.7 Å². The molecule has 19 heavy (non-hydrogen) atoms. The van der Waals surface area contributed by atoms with Gasteiger partial charge in [-0.15, -0.1) is 0 Å². The van der Waals surface area contributed by atoms with E-state index in [0.717, 1.165) is 5.39 Å². The van der Waals surface area contributed by atoms with Crippen molar-refractivity contribution in [2.75, 3.05) is 13.1 Å². The molecule has 1 aliphatic rings. The van der Waals surface area contributed by atoms with Crippen LogP contribution in [0.15, 0.2) is 35.1 Å². The number of aliphatic hydroxyl groups is 1. The van der Waals surface area contributed by atoms with E-state index >= 15 is 0 Å². The quantitative estimate of drug-likeness (QED) is 0.792. The second-order valence-corrected chi connectivity index (χ2v) is 4.79. The van der Waals surface area contributed by atoms with Gasteiger partial charge in [-0.3, -0.25) is 9.59 Å². The molecular weight excluding hydrogens is 244 g/mol. The van der Waals surface area contributed by atoms with Gasteiger partial charge in [-0.1, -0.05) is 18.2 Å². The Balaban J connectivity index is 2.01. The third kappa shape index (κ3) is 2.13. The topological polar surface area (TPSA) is 73.4 Å². The van der Waals surface area contributed by atoms with Crippen molar-refractivity contribution in [2.24, 2.45) is 0 Å². The van der Waals surface area contributed by atoms with E-state index in [4.69, 9.17) is 0 Å². The molecule has 0 unspecified atom stereocenters. The summed E-state index contributed by atoms with van der Waals surface area (Å²) in [5.74, 6) is -0.237. The Bertz CT molecular complexity index is 692. The maximum atomic E-state index is 12.2. The predicted octanol–water partition coefficient (Wildman–Crippen LogP) is 0.735. The molecule has 1 aromatic carbocycles. The van der Waals surface area contributed by atoms with Gasteiger partial charge in [0, 0.05) is 18.5 Å². The zero-order valence-electron chi connectivity index (χ0n) is 10.3. The molecule has 0 saturated carbocycles. The first-order valence-corrected chi connectivity index (χ1v) is 6.24. The number of aliphatic hydroxyl groups excluding tert-OH is 1. The minimum atomic E-state index is -0.462. The molecule has 2 N–H and O–H groups in total.